The summed E-state index contributed by atoms with van der Waals surface area (Å²) in [5, 5.41) is 13.2. The van der Waals surface area contributed by atoms with Gasteiger partial charge in [0, 0.05) is 66.2 Å². The van der Waals surface area contributed by atoms with E-state index in [9.17, 15) is 9.18 Å². The van der Waals surface area contributed by atoms with Gasteiger partial charge in [0.15, 0.2) is 0 Å². The zero-order valence-electron chi connectivity index (χ0n) is 20.7. The first-order chi connectivity index (χ1) is 18.3. The second-order valence-electron chi connectivity index (χ2n) is 9.52. The van der Waals surface area contributed by atoms with Crippen molar-refractivity contribution in [1.29, 1.82) is 0 Å². The minimum absolute atomic E-state index is 0.152. The second-order valence-corrected chi connectivity index (χ2v) is 9.93. The maximum absolute atomic E-state index is 15.2. The van der Waals surface area contributed by atoms with Crippen LogP contribution in [0.2, 0.25) is 5.02 Å². The molecule has 1 atom stereocenters. The zero-order valence-corrected chi connectivity index (χ0v) is 21.4. The highest BCUT2D eigenvalue weighted by molar-refractivity contribution is 6.34. The number of anilines is 2. The van der Waals surface area contributed by atoms with Crippen molar-refractivity contribution in [2.24, 2.45) is 5.92 Å². The molecule has 196 valence electrons. The van der Waals surface area contributed by atoms with E-state index >= 15 is 4.39 Å². The van der Waals surface area contributed by atoms with Gasteiger partial charge in [0.2, 0.25) is 5.95 Å². The van der Waals surface area contributed by atoms with E-state index in [0.717, 1.165) is 12.8 Å². The van der Waals surface area contributed by atoms with Crippen LogP contribution in [-0.4, -0.2) is 39.1 Å². The zero-order chi connectivity index (χ0) is 26.8. The van der Waals surface area contributed by atoms with E-state index < -0.39 is 17.8 Å². The molecule has 7 nitrogen and oxygen atoms in total. The third-order valence-corrected chi connectivity index (χ3v) is 7.24. The lowest BCUT2D eigenvalue weighted by Gasteiger charge is -2.31. The maximum Gasteiger partial charge on any atom is 0.303 e. The van der Waals surface area contributed by atoms with Crippen molar-refractivity contribution in [2.75, 3.05) is 23.3 Å². The van der Waals surface area contributed by atoms with Crippen molar-refractivity contribution in [3.8, 4) is 11.1 Å². The largest absolute Gasteiger partial charge is 0.481 e. The van der Waals surface area contributed by atoms with Crippen molar-refractivity contribution in [3.05, 3.63) is 77.2 Å². The van der Waals surface area contributed by atoms with Crippen LogP contribution in [0.4, 0.5) is 20.4 Å². The number of piperidine rings is 1. The minimum Gasteiger partial charge on any atom is -0.481 e. The highest BCUT2D eigenvalue weighted by Gasteiger charge is 2.23. The number of nitrogens with zero attached hydrogens (tertiary/aromatic N) is 4. The first-order valence-corrected chi connectivity index (χ1v) is 12.8. The fourth-order valence-electron chi connectivity index (χ4n) is 4.89. The van der Waals surface area contributed by atoms with Crippen LogP contribution in [0, 0.1) is 17.6 Å². The van der Waals surface area contributed by atoms with Crippen molar-refractivity contribution in [2.45, 2.75) is 32.2 Å². The van der Waals surface area contributed by atoms with E-state index in [1.54, 1.807) is 36.7 Å². The van der Waals surface area contributed by atoms with Gasteiger partial charge in [-0.2, -0.15) is 0 Å². The number of rotatable bonds is 7. The predicted molar refractivity (Wildman–Crippen MR) is 143 cm³/mol. The van der Waals surface area contributed by atoms with E-state index in [-0.39, 0.29) is 23.7 Å². The topological polar surface area (TPSA) is 91.2 Å². The minimum atomic E-state index is -0.780. The smallest absolute Gasteiger partial charge is 0.303 e. The molecular formula is C28H26ClF2N5O2. The lowest BCUT2D eigenvalue weighted by molar-refractivity contribution is -0.138. The number of hydrogen-bond acceptors (Lipinski definition) is 6. The fourth-order valence-corrected chi connectivity index (χ4v) is 5.09. The molecule has 0 radical (unpaired) electrons. The molecule has 4 aromatic rings. The number of carboxylic acids is 1. The molecule has 3 heterocycles. The molecule has 1 saturated heterocycles. The van der Waals surface area contributed by atoms with E-state index in [4.69, 9.17) is 16.7 Å². The second kappa shape index (κ2) is 10.9. The van der Waals surface area contributed by atoms with E-state index in [0.29, 0.717) is 51.8 Å². The van der Waals surface area contributed by atoms with Gasteiger partial charge in [0.25, 0.3) is 0 Å². The molecule has 1 fully saturated rings. The third kappa shape index (κ3) is 5.38. The van der Waals surface area contributed by atoms with Gasteiger partial charge in [0.1, 0.15) is 11.6 Å². The molecule has 0 bridgehead atoms. The Kier molecular flexibility index (Phi) is 7.37. The number of aliphatic carboxylic acids is 1. The standard InChI is InChI=1S/C28H26ClF2N5O2/c1-16(19-4-2-3-5-23(19)30)35-27-21-11-20(24(31)12-25(21)32-15-22(27)29)18-13-33-28(34-14-18)36-8-6-17(7-9-36)10-26(37)38/h2-5,11-17H,6-10H2,1H3,(H,32,35)(H,37,38). The summed E-state index contributed by atoms with van der Waals surface area (Å²) in [4.78, 5) is 26.2. The summed E-state index contributed by atoms with van der Waals surface area (Å²) in [5.74, 6) is -0.921. The normalized spacial score (nSPS) is 15.0. The van der Waals surface area contributed by atoms with Crippen LogP contribution < -0.4 is 10.2 Å². The molecule has 2 aromatic heterocycles. The molecule has 2 aromatic carbocycles. The molecule has 2 N–H and O–H groups in total. The van der Waals surface area contributed by atoms with Crippen molar-refractivity contribution < 1.29 is 18.7 Å². The average molecular weight is 538 g/mol. The van der Waals surface area contributed by atoms with Gasteiger partial charge in [0.05, 0.1) is 22.3 Å². The first-order valence-electron chi connectivity index (χ1n) is 12.4. The van der Waals surface area contributed by atoms with Gasteiger partial charge in [-0.1, -0.05) is 29.8 Å². The molecule has 5 rings (SSSR count). The predicted octanol–water partition coefficient (Wildman–Crippen LogP) is 6.49. The number of hydrogen-bond donors (Lipinski definition) is 2. The molecule has 38 heavy (non-hydrogen) atoms. The van der Waals surface area contributed by atoms with Crippen LogP contribution in [0.3, 0.4) is 0 Å². The molecular weight excluding hydrogens is 512 g/mol. The van der Waals surface area contributed by atoms with Crippen LogP contribution in [0.1, 0.15) is 37.8 Å². The molecule has 0 saturated carbocycles. The summed E-state index contributed by atoms with van der Waals surface area (Å²) < 4.78 is 29.5. The van der Waals surface area contributed by atoms with Crippen LogP contribution in [0.15, 0.2) is 55.0 Å². The number of aromatic nitrogens is 3. The Morgan fingerprint density at radius 1 is 1.11 bits per heavy atom. The lowest BCUT2D eigenvalue weighted by Crippen LogP contribution is -2.35. The van der Waals surface area contributed by atoms with Crippen LogP contribution in [0.25, 0.3) is 22.0 Å². The number of nitrogens with one attached hydrogen (secondary N) is 1. The number of carbonyl (C=O) groups is 1. The van der Waals surface area contributed by atoms with Gasteiger partial charge >= 0.3 is 5.97 Å². The SMILES string of the molecule is CC(Nc1c(Cl)cnc2cc(F)c(-c3cnc(N4CCC(CC(=O)O)CC4)nc3)cc12)c1ccccc1F. The summed E-state index contributed by atoms with van der Waals surface area (Å²) in [6, 6.07) is 9.06. The van der Waals surface area contributed by atoms with Crippen molar-refractivity contribution >= 4 is 40.1 Å². The van der Waals surface area contributed by atoms with Crippen molar-refractivity contribution in [1.82, 2.24) is 15.0 Å². The Hall–Kier alpha value is -3.85. The van der Waals surface area contributed by atoms with Crippen LogP contribution >= 0.6 is 11.6 Å². The van der Waals surface area contributed by atoms with Gasteiger partial charge in [-0.15, -0.1) is 0 Å². The fraction of sp³-hybridized carbons (Fsp3) is 0.286. The molecule has 0 aliphatic carbocycles. The first kappa shape index (κ1) is 25.8. The van der Waals surface area contributed by atoms with Gasteiger partial charge < -0.3 is 15.3 Å². The molecule has 1 unspecified atom stereocenters. The number of fused-ring (bicyclic) bond motifs is 1. The molecule has 0 amide bonds. The summed E-state index contributed by atoms with van der Waals surface area (Å²) >= 11 is 6.48. The molecule has 1 aliphatic rings. The Morgan fingerprint density at radius 3 is 2.50 bits per heavy atom. The highest BCUT2D eigenvalue weighted by Crippen LogP contribution is 2.36. The number of pyridine rings is 1. The Balaban J connectivity index is 1.42. The monoisotopic (exact) mass is 537 g/mol. The molecule has 0 spiro atoms. The summed E-state index contributed by atoms with van der Waals surface area (Å²) in [6.07, 6.45) is 6.27. The summed E-state index contributed by atoms with van der Waals surface area (Å²) in [7, 11) is 0. The van der Waals surface area contributed by atoms with Crippen molar-refractivity contribution in [3.63, 3.8) is 0 Å². The third-order valence-electron chi connectivity index (χ3n) is 6.95. The van der Waals surface area contributed by atoms with Crippen LogP contribution in [0.5, 0.6) is 0 Å². The van der Waals surface area contributed by atoms with E-state index in [1.807, 2.05) is 11.8 Å². The number of carboxylic acid groups (broad SMARTS) is 1. The quantitative estimate of drug-likeness (QED) is 0.278. The Labute approximate surface area is 223 Å². The average Bonchev–Trinajstić information content (AvgIpc) is 2.90. The van der Waals surface area contributed by atoms with Gasteiger partial charge in [-0.05, 0) is 37.8 Å². The Bertz CT molecular complexity index is 1480. The summed E-state index contributed by atoms with van der Waals surface area (Å²) in [6.45, 7) is 3.16. The van der Waals surface area contributed by atoms with Gasteiger partial charge in [-0.3, -0.25) is 9.78 Å². The summed E-state index contributed by atoms with van der Waals surface area (Å²) in [5.41, 5.74) is 2.18. The van der Waals surface area contributed by atoms with Gasteiger partial charge in [-0.25, -0.2) is 18.7 Å². The van der Waals surface area contributed by atoms with E-state index in [2.05, 4.69) is 20.3 Å². The maximum atomic E-state index is 15.2. The number of benzene rings is 2. The highest BCUT2D eigenvalue weighted by atomic mass is 35.5. The molecule has 1 aliphatic heterocycles. The lowest BCUT2D eigenvalue weighted by atomic mass is 9.94. The van der Waals surface area contributed by atoms with E-state index in [1.165, 1.54) is 18.3 Å². The Morgan fingerprint density at radius 2 is 1.82 bits per heavy atom. The molecule has 10 heteroatoms. The number of halogens is 3. The van der Waals surface area contributed by atoms with Crippen LogP contribution in [-0.2, 0) is 4.79 Å².